The second-order valence-electron chi connectivity index (χ2n) is 4.66. The van der Waals surface area contributed by atoms with Crippen LogP contribution in [0, 0.1) is 10.1 Å². The van der Waals surface area contributed by atoms with Crippen LogP contribution in [0.5, 0.6) is 0 Å². The molecule has 1 unspecified atom stereocenters. The molecule has 1 aromatic rings. The third-order valence-electron chi connectivity index (χ3n) is 3.17. The van der Waals surface area contributed by atoms with E-state index in [1.165, 1.54) is 6.07 Å². The maximum atomic E-state index is 10.8. The Kier molecular flexibility index (Phi) is 4.62. The predicted molar refractivity (Wildman–Crippen MR) is 78.1 cm³/mol. The molecular weight excluding hydrogens is 264 g/mol. The Morgan fingerprint density at radius 2 is 2.42 bits per heavy atom. The summed E-state index contributed by atoms with van der Waals surface area (Å²) in [4.78, 5) is 12.8. The molecule has 104 valence electrons. The van der Waals surface area contributed by atoms with Gasteiger partial charge in [-0.15, -0.1) is 0 Å². The van der Waals surface area contributed by atoms with Gasteiger partial charge in [0.1, 0.15) is 0 Å². The van der Waals surface area contributed by atoms with Crippen LogP contribution < -0.4 is 11.3 Å². The van der Waals surface area contributed by atoms with Gasteiger partial charge in [-0.05, 0) is 11.6 Å². The van der Waals surface area contributed by atoms with Gasteiger partial charge in [-0.1, -0.05) is 6.92 Å². The first-order valence-corrected chi connectivity index (χ1v) is 7.23. The maximum absolute atomic E-state index is 10.8. The van der Waals surface area contributed by atoms with Gasteiger partial charge in [0.05, 0.1) is 10.6 Å². The number of nitrogens with two attached hydrogens (primary N) is 1. The summed E-state index contributed by atoms with van der Waals surface area (Å²) in [5, 5.41) is 11.4. The first kappa shape index (κ1) is 14.1. The summed E-state index contributed by atoms with van der Waals surface area (Å²) in [7, 11) is 0. The fourth-order valence-corrected chi connectivity index (χ4v) is 3.32. The molecule has 3 N–H and O–H groups in total. The quantitative estimate of drug-likeness (QED) is 0.498. The second kappa shape index (κ2) is 6.23. The fraction of sp³-hybridized carbons (Fsp3) is 0.500. The van der Waals surface area contributed by atoms with Crippen molar-refractivity contribution in [3.63, 3.8) is 0 Å². The Labute approximate surface area is 116 Å². The Hall–Kier alpha value is -1.31. The summed E-state index contributed by atoms with van der Waals surface area (Å²) in [6, 6.07) is 4.73. The van der Waals surface area contributed by atoms with E-state index in [0.717, 1.165) is 30.1 Å². The van der Waals surface area contributed by atoms with Gasteiger partial charge in [0.25, 0.3) is 5.69 Å². The lowest BCUT2D eigenvalue weighted by molar-refractivity contribution is -0.384. The first-order chi connectivity index (χ1) is 9.10. The minimum atomic E-state index is -0.377. The van der Waals surface area contributed by atoms with E-state index >= 15 is 0 Å². The molecule has 0 radical (unpaired) electrons. The van der Waals surface area contributed by atoms with Crippen LogP contribution in [0.15, 0.2) is 18.2 Å². The van der Waals surface area contributed by atoms with Crippen molar-refractivity contribution in [3.05, 3.63) is 33.9 Å². The molecule has 1 atom stereocenters. The average Bonchev–Trinajstić information content (AvgIpc) is 2.38. The second-order valence-corrected chi connectivity index (χ2v) is 6.21. The number of nitrogens with zero attached hydrogens (tertiary/aromatic N) is 2. The van der Waals surface area contributed by atoms with Crippen molar-refractivity contribution in [2.45, 2.75) is 18.7 Å². The molecule has 1 saturated heterocycles. The number of thioether (sulfide) groups is 1. The van der Waals surface area contributed by atoms with Gasteiger partial charge in [0.15, 0.2) is 0 Å². The van der Waals surface area contributed by atoms with Crippen LogP contribution in [0.2, 0.25) is 0 Å². The van der Waals surface area contributed by atoms with Crippen LogP contribution >= 0.6 is 11.8 Å². The largest absolute Gasteiger partial charge is 0.324 e. The molecule has 2 rings (SSSR count). The lowest BCUT2D eigenvalue weighted by Crippen LogP contribution is -2.36. The highest BCUT2D eigenvalue weighted by Crippen LogP contribution is 2.25. The molecule has 0 aromatic heterocycles. The minimum absolute atomic E-state index is 0.105. The number of nitrogen functional groups attached to an aromatic ring is 1. The molecule has 1 aliphatic heterocycles. The molecule has 0 aliphatic carbocycles. The highest BCUT2D eigenvalue weighted by molar-refractivity contribution is 7.99. The molecule has 7 heteroatoms. The highest BCUT2D eigenvalue weighted by atomic mass is 32.2. The molecule has 19 heavy (non-hydrogen) atoms. The lowest BCUT2D eigenvalue weighted by Gasteiger charge is -2.30. The third kappa shape index (κ3) is 3.59. The number of nitro benzene ring substituents is 1. The number of hydrazine groups is 1. The standard InChI is InChI=1S/C12H18N4O2S/c1-9-7-15(4-5-19-9)8-10-6-11(16(17)18)2-3-12(10)14-13/h2-3,6,9,14H,4-5,7-8,13H2,1H3. The average molecular weight is 282 g/mol. The number of non-ortho nitro benzene ring substituents is 1. The Morgan fingerprint density at radius 1 is 1.63 bits per heavy atom. The minimum Gasteiger partial charge on any atom is -0.324 e. The van der Waals surface area contributed by atoms with Crippen molar-refractivity contribution < 1.29 is 4.92 Å². The van der Waals surface area contributed by atoms with Crippen LogP contribution in [0.1, 0.15) is 12.5 Å². The molecule has 0 spiro atoms. The van der Waals surface area contributed by atoms with Gasteiger partial charge in [0.2, 0.25) is 0 Å². The molecule has 0 saturated carbocycles. The van der Waals surface area contributed by atoms with Crippen LogP contribution in [0.3, 0.4) is 0 Å². The normalized spacial score (nSPS) is 20.2. The molecule has 1 aromatic carbocycles. The molecule has 0 amide bonds. The molecular formula is C12H18N4O2S. The van der Waals surface area contributed by atoms with E-state index in [1.807, 2.05) is 11.8 Å². The Morgan fingerprint density at radius 3 is 3.05 bits per heavy atom. The summed E-state index contributed by atoms with van der Waals surface area (Å²) in [6.07, 6.45) is 0. The van der Waals surface area contributed by atoms with Gasteiger partial charge in [-0.25, -0.2) is 0 Å². The topological polar surface area (TPSA) is 84.4 Å². The Bertz CT molecular complexity index is 469. The van der Waals surface area contributed by atoms with E-state index in [4.69, 9.17) is 5.84 Å². The number of nitrogens with one attached hydrogen (secondary N) is 1. The first-order valence-electron chi connectivity index (χ1n) is 6.18. The van der Waals surface area contributed by atoms with Gasteiger partial charge < -0.3 is 5.43 Å². The van der Waals surface area contributed by atoms with Gasteiger partial charge in [-0.3, -0.25) is 20.9 Å². The molecule has 6 nitrogen and oxygen atoms in total. The van der Waals surface area contributed by atoms with Crippen molar-refractivity contribution in [3.8, 4) is 0 Å². The summed E-state index contributed by atoms with van der Waals surface area (Å²) < 4.78 is 0. The van der Waals surface area contributed by atoms with Crippen molar-refractivity contribution >= 4 is 23.1 Å². The molecule has 1 aliphatic rings. The van der Waals surface area contributed by atoms with E-state index < -0.39 is 0 Å². The zero-order valence-corrected chi connectivity index (χ0v) is 11.7. The van der Waals surface area contributed by atoms with Crippen LogP contribution in [0.4, 0.5) is 11.4 Å². The zero-order valence-electron chi connectivity index (χ0n) is 10.8. The molecule has 1 heterocycles. The van der Waals surface area contributed by atoms with Gasteiger partial charge in [-0.2, -0.15) is 11.8 Å². The van der Waals surface area contributed by atoms with Crippen molar-refractivity contribution in [2.24, 2.45) is 5.84 Å². The van der Waals surface area contributed by atoms with E-state index in [9.17, 15) is 10.1 Å². The van der Waals surface area contributed by atoms with Crippen molar-refractivity contribution in [2.75, 3.05) is 24.3 Å². The number of benzene rings is 1. The maximum Gasteiger partial charge on any atom is 0.269 e. The summed E-state index contributed by atoms with van der Waals surface area (Å²) in [5.74, 6) is 6.57. The summed E-state index contributed by atoms with van der Waals surface area (Å²) in [6.45, 7) is 4.89. The highest BCUT2D eigenvalue weighted by Gasteiger charge is 2.19. The van der Waals surface area contributed by atoms with Crippen molar-refractivity contribution in [1.82, 2.24) is 4.90 Å². The van der Waals surface area contributed by atoms with Crippen LogP contribution in [-0.4, -0.2) is 33.9 Å². The number of nitro groups is 1. The van der Waals surface area contributed by atoms with E-state index in [-0.39, 0.29) is 10.6 Å². The van der Waals surface area contributed by atoms with Gasteiger partial charge in [0, 0.05) is 42.8 Å². The van der Waals surface area contributed by atoms with Gasteiger partial charge >= 0.3 is 0 Å². The summed E-state index contributed by atoms with van der Waals surface area (Å²) >= 11 is 1.96. The van der Waals surface area contributed by atoms with Crippen LogP contribution in [0.25, 0.3) is 0 Å². The third-order valence-corrected chi connectivity index (χ3v) is 4.31. The number of hydrogen-bond acceptors (Lipinski definition) is 6. The van der Waals surface area contributed by atoms with E-state index in [0.29, 0.717) is 11.8 Å². The fourth-order valence-electron chi connectivity index (χ4n) is 2.24. The lowest BCUT2D eigenvalue weighted by atomic mass is 10.1. The number of hydrogen-bond donors (Lipinski definition) is 2. The van der Waals surface area contributed by atoms with E-state index in [2.05, 4.69) is 17.2 Å². The van der Waals surface area contributed by atoms with Crippen molar-refractivity contribution in [1.29, 1.82) is 0 Å². The number of rotatable bonds is 4. The monoisotopic (exact) mass is 282 g/mol. The SMILES string of the molecule is CC1CN(Cc2cc([N+](=O)[O-])ccc2NN)CCS1. The summed E-state index contributed by atoms with van der Waals surface area (Å²) in [5.41, 5.74) is 4.33. The number of anilines is 1. The van der Waals surface area contributed by atoms with Crippen LogP contribution in [-0.2, 0) is 6.54 Å². The smallest absolute Gasteiger partial charge is 0.269 e. The van der Waals surface area contributed by atoms with E-state index in [1.54, 1.807) is 12.1 Å². The molecule has 0 bridgehead atoms. The molecule has 1 fully saturated rings. The Balaban J connectivity index is 2.17. The zero-order chi connectivity index (χ0) is 13.8. The predicted octanol–water partition coefficient (Wildman–Crippen LogP) is 1.82.